The SMILES string of the molecule is CN1CCN(CC(=O)N2CCC3(CC2)CN(Cc2cccc4nonc24)CCO3)C1=O. The van der Waals surface area contributed by atoms with Gasteiger partial charge in [-0.1, -0.05) is 12.1 Å². The third-order valence-corrected chi connectivity index (χ3v) is 6.75. The Kier molecular flexibility index (Phi) is 5.27. The van der Waals surface area contributed by atoms with Crippen LogP contribution >= 0.6 is 0 Å². The molecule has 0 bridgehead atoms. The van der Waals surface area contributed by atoms with Gasteiger partial charge in [0.25, 0.3) is 0 Å². The van der Waals surface area contributed by atoms with Crippen LogP contribution in [0.2, 0.25) is 0 Å². The van der Waals surface area contributed by atoms with E-state index in [0.29, 0.717) is 32.8 Å². The van der Waals surface area contributed by atoms with Crippen molar-refractivity contribution in [2.24, 2.45) is 0 Å². The third kappa shape index (κ3) is 3.97. The van der Waals surface area contributed by atoms with E-state index >= 15 is 0 Å². The summed E-state index contributed by atoms with van der Waals surface area (Å²) < 4.78 is 11.1. The molecular weight excluding hydrogens is 400 g/mol. The molecule has 3 fully saturated rings. The molecule has 0 aliphatic carbocycles. The summed E-state index contributed by atoms with van der Waals surface area (Å²) in [6.07, 6.45) is 1.61. The summed E-state index contributed by atoms with van der Waals surface area (Å²) in [7, 11) is 1.77. The Hall–Kier alpha value is -2.72. The van der Waals surface area contributed by atoms with E-state index in [-0.39, 0.29) is 24.1 Å². The highest BCUT2D eigenvalue weighted by Gasteiger charge is 2.41. The number of ether oxygens (including phenoxy) is 1. The van der Waals surface area contributed by atoms with Gasteiger partial charge in [0.15, 0.2) is 0 Å². The van der Waals surface area contributed by atoms with Crippen LogP contribution in [0.25, 0.3) is 11.0 Å². The molecular formula is C21H28N6O4. The van der Waals surface area contributed by atoms with E-state index in [1.165, 1.54) is 0 Å². The molecule has 3 amide bonds. The molecule has 3 aliphatic heterocycles. The van der Waals surface area contributed by atoms with E-state index < -0.39 is 0 Å². The normalized spacial score (nSPS) is 22.1. The van der Waals surface area contributed by atoms with Crippen molar-refractivity contribution < 1.29 is 19.0 Å². The molecule has 2 aromatic rings. The van der Waals surface area contributed by atoms with Crippen molar-refractivity contribution in [3.8, 4) is 0 Å². The Balaban J connectivity index is 1.18. The van der Waals surface area contributed by atoms with Crippen LogP contribution in [-0.4, -0.2) is 107 Å². The van der Waals surface area contributed by atoms with Crippen molar-refractivity contribution in [1.82, 2.24) is 29.9 Å². The van der Waals surface area contributed by atoms with E-state index in [2.05, 4.69) is 21.3 Å². The lowest BCUT2D eigenvalue weighted by molar-refractivity contribution is -0.151. The highest BCUT2D eigenvalue weighted by atomic mass is 16.6. The minimum absolute atomic E-state index is 0.0244. The summed E-state index contributed by atoms with van der Waals surface area (Å²) in [5, 5.41) is 7.98. The molecule has 1 spiro atoms. The maximum absolute atomic E-state index is 12.7. The molecule has 31 heavy (non-hydrogen) atoms. The fourth-order valence-electron chi connectivity index (χ4n) is 4.87. The van der Waals surface area contributed by atoms with Crippen LogP contribution in [0, 0.1) is 0 Å². The maximum atomic E-state index is 12.7. The third-order valence-electron chi connectivity index (χ3n) is 6.75. The van der Waals surface area contributed by atoms with Gasteiger partial charge in [0.2, 0.25) is 5.91 Å². The van der Waals surface area contributed by atoms with E-state index in [0.717, 1.165) is 49.1 Å². The zero-order chi connectivity index (χ0) is 21.4. The van der Waals surface area contributed by atoms with Crippen LogP contribution in [-0.2, 0) is 16.1 Å². The predicted octanol–water partition coefficient (Wildman–Crippen LogP) is 0.784. The topological polar surface area (TPSA) is 95.2 Å². The predicted molar refractivity (Wildman–Crippen MR) is 111 cm³/mol. The summed E-state index contributed by atoms with van der Waals surface area (Å²) in [6, 6.07) is 5.87. The molecule has 0 radical (unpaired) electrons. The van der Waals surface area contributed by atoms with Crippen molar-refractivity contribution in [2.45, 2.75) is 25.0 Å². The summed E-state index contributed by atoms with van der Waals surface area (Å²) in [6.45, 7) is 5.91. The lowest BCUT2D eigenvalue weighted by atomic mass is 9.89. The van der Waals surface area contributed by atoms with Gasteiger partial charge in [0.1, 0.15) is 17.6 Å². The average molecular weight is 428 g/mol. The molecule has 0 N–H and O–H groups in total. The Morgan fingerprint density at radius 2 is 1.97 bits per heavy atom. The van der Waals surface area contributed by atoms with E-state index in [1.54, 1.807) is 16.8 Å². The second-order valence-corrected chi connectivity index (χ2v) is 8.80. The second kappa shape index (κ2) is 8.08. The summed E-state index contributed by atoms with van der Waals surface area (Å²) >= 11 is 0. The van der Waals surface area contributed by atoms with Crippen molar-refractivity contribution in [1.29, 1.82) is 0 Å². The van der Waals surface area contributed by atoms with Gasteiger partial charge < -0.3 is 19.4 Å². The molecule has 0 unspecified atom stereocenters. The molecule has 1 aromatic carbocycles. The first kappa shape index (κ1) is 20.2. The zero-order valence-corrected chi connectivity index (χ0v) is 17.8. The average Bonchev–Trinajstić information content (AvgIpc) is 3.37. The Morgan fingerprint density at radius 3 is 2.74 bits per heavy atom. The molecule has 10 nitrogen and oxygen atoms in total. The Bertz CT molecular complexity index is 970. The molecule has 3 saturated heterocycles. The van der Waals surface area contributed by atoms with Crippen molar-refractivity contribution >= 4 is 23.0 Å². The van der Waals surface area contributed by atoms with Crippen LogP contribution in [0.4, 0.5) is 4.79 Å². The smallest absolute Gasteiger partial charge is 0.320 e. The minimum Gasteiger partial charge on any atom is -0.372 e. The maximum Gasteiger partial charge on any atom is 0.320 e. The fourth-order valence-corrected chi connectivity index (χ4v) is 4.87. The van der Waals surface area contributed by atoms with Crippen molar-refractivity contribution in [3.63, 3.8) is 0 Å². The number of morpholine rings is 1. The van der Waals surface area contributed by atoms with Gasteiger partial charge in [-0.05, 0) is 34.8 Å². The molecule has 5 rings (SSSR count). The van der Waals surface area contributed by atoms with Crippen molar-refractivity contribution in [2.75, 3.05) is 59.5 Å². The van der Waals surface area contributed by atoms with Gasteiger partial charge in [0.05, 0.1) is 12.2 Å². The number of amides is 3. The number of nitrogens with zero attached hydrogens (tertiary/aromatic N) is 6. The highest BCUT2D eigenvalue weighted by Crippen LogP contribution is 2.31. The standard InChI is InChI=1S/C21H28N6O4/c1-24-9-10-27(20(24)29)14-18(28)26-7-5-21(6-8-26)15-25(11-12-30-21)13-16-3-2-4-17-19(16)23-31-22-17/h2-4H,5-15H2,1H3. The number of aromatic nitrogens is 2. The Labute approximate surface area is 180 Å². The van der Waals surface area contributed by atoms with E-state index in [1.807, 2.05) is 17.0 Å². The summed E-state index contributed by atoms with van der Waals surface area (Å²) in [5.41, 5.74) is 2.46. The number of hydrogen-bond donors (Lipinski definition) is 0. The largest absolute Gasteiger partial charge is 0.372 e. The first-order valence-electron chi connectivity index (χ1n) is 10.9. The zero-order valence-electron chi connectivity index (χ0n) is 17.8. The van der Waals surface area contributed by atoms with Crippen molar-refractivity contribution in [3.05, 3.63) is 23.8 Å². The van der Waals surface area contributed by atoms with E-state index in [9.17, 15) is 9.59 Å². The number of rotatable bonds is 4. The van der Waals surface area contributed by atoms with Crippen LogP contribution in [0.3, 0.4) is 0 Å². The summed E-state index contributed by atoms with van der Waals surface area (Å²) in [5.74, 6) is 0.0244. The number of urea groups is 1. The molecule has 0 atom stereocenters. The number of carbonyl (C=O) groups excluding carboxylic acids is 2. The number of fused-ring (bicyclic) bond motifs is 1. The first-order chi connectivity index (χ1) is 15.0. The van der Waals surface area contributed by atoms with Crippen LogP contribution in [0.15, 0.2) is 22.8 Å². The minimum atomic E-state index is -0.227. The van der Waals surface area contributed by atoms with Gasteiger partial charge in [0, 0.05) is 52.9 Å². The second-order valence-electron chi connectivity index (χ2n) is 8.80. The lowest BCUT2D eigenvalue weighted by Gasteiger charge is -2.47. The van der Waals surface area contributed by atoms with Gasteiger partial charge >= 0.3 is 6.03 Å². The van der Waals surface area contributed by atoms with Gasteiger partial charge in [-0.3, -0.25) is 9.69 Å². The Morgan fingerprint density at radius 1 is 1.13 bits per heavy atom. The first-order valence-corrected chi connectivity index (χ1v) is 10.9. The highest BCUT2D eigenvalue weighted by molar-refractivity contribution is 5.85. The monoisotopic (exact) mass is 428 g/mol. The van der Waals surface area contributed by atoms with Gasteiger partial charge in [-0.15, -0.1) is 0 Å². The number of hydrogen-bond acceptors (Lipinski definition) is 7. The van der Waals surface area contributed by atoms with Crippen LogP contribution in [0.1, 0.15) is 18.4 Å². The fraction of sp³-hybridized carbons (Fsp3) is 0.619. The molecule has 166 valence electrons. The summed E-state index contributed by atoms with van der Waals surface area (Å²) in [4.78, 5) is 32.3. The lowest BCUT2D eigenvalue weighted by Crippen LogP contribution is -2.58. The quantitative estimate of drug-likeness (QED) is 0.710. The number of likely N-dealkylation sites (N-methyl/N-ethyl adjacent to an activating group) is 1. The molecule has 0 saturated carbocycles. The molecule has 4 heterocycles. The van der Waals surface area contributed by atoms with E-state index in [4.69, 9.17) is 9.37 Å². The van der Waals surface area contributed by atoms with Crippen LogP contribution in [0.5, 0.6) is 0 Å². The number of piperidine rings is 1. The molecule has 1 aromatic heterocycles. The number of likely N-dealkylation sites (tertiary alicyclic amines) is 1. The van der Waals surface area contributed by atoms with Gasteiger partial charge in [-0.25, -0.2) is 9.42 Å². The molecule has 10 heteroatoms. The number of carbonyl (C=O) groups is 2. The van der Waals surface area contributed by atoms with Crippen LogP contribution < -0.4 is 0 Å². The molecule has 3 aliphatic rings. The van der Waals surface area contributed by atoms with Gasteiger partial charge in [-0.2, -0.15) is 0 Å². The number of benzene rings is 1.